The number of anilines is 1. The second-order valence-corrected chi connectivity index (χ2v) is 9.61. The molecule has 3 aliphatic carbocycles. The SMILES string of the molecule is C[C@H](O)C12c3ccccc3C(c3ccccc31)[C@@H]1C(=O)N(c3cccc(Br)c3)C(=O)[C@H]12. The lowest BCUT2D eigenvalue weighted by molar-refractivity contribution is -0.126. The number of carbonyl (C=O) groups is 2. The third-order valence-corrected chi connectivity index (χ3v) is 7.90. The van der Waals surface area contributed by atoms with Crippen LogP contribution in [-0.2, 0) is 15.0 Å². The molecule has 31 heavy (non-hydrogen) atoms. The second kappa shape index (κ2) is 6.38. The minimum Gasteiger partial charge on any atom is -0.392 e. The first-order valence-electron chi connectivity index (χ1n) is 10.5. The normalized spacial score (nSPS) is 28.9. The van der Waals surface area contributed by atoms with Crippen LogP contribution in [0.4, 0.5) is 5.69 Å². The molecular weight excluding hydrogens is 454 g/mol. The molecule has 1 fully saturated rings. The molecule has 2 amide bonds. The number of carbonyl (C=O) groups excluding carboxylic acids is 2. The number of imide groups is 1. The molecule has 0 spiro atoms. The maximum atomic E-state index is 14.0. The minimum atomic E-state index is -0.958. The summed E-state index contributed by atoms with van der Waals surface area (Å²) >= 11 is 3.45. The molecule has 0 saturated carbocycles. The monoisotopic (exact) mass is 473 g/mol. The van der Waals surface area contributed by atoms with Crippen LogP contribution in [0.5, 0.6) is 0 Å². The van der Waals surface area contributed by atoms with Crippen molar-refractivity contribution in [2.45, 2.75) is 24.4 Å². The van der Waals surface area contributed by atoms with Crippen LogP contribution in [0, 0.1) is 11.8 Å². The number of aliphatic hydroxyl groups excluding tert-OH is 1. The molecule has 3 atom stereocenters. The van der Waals surface area contributed by atoms with Gasteiger partial charge in [-0.15, -0.1) is 0 Å². The fourth-order valence-corrected chi connectivity index (χ4v) is 6.80. The first-order valence-corrected chi connectivity index (χ1v) is 11.3. The van der Waals surface area contributed by atoms with Crippen LogP contribution in [0.25, 0.3) is 0 Å². The summed E-state index contributed by atoms with van der Waals surface area (Å²) in [5.41, 5.74) is 3.62. The van der Waals surface area contributed by atoms with Gasteiger partial charge in [0.05, 0.1) is 29.0 Å². The van der Waals surface area contributed by atoms with E-state index in [9.17, 15) is 14.7 Å². The standard InChI is InChI=1S/C26H20BrNO3/c1-14(29)26-19-11-4-2-9-17(19)21(18-10-3-5-12-20(18)26)22-23(26)25(31)28(24(22)30)16-8-6-7-15(27)13-16/h2-14,21-23,29H,1H3/t14-,21?,22-,23-,26?/m0/s1. The average molecular weight is 474 g/mol. The van der Waals surface area contributed by atoms with Crippen molar-refractivity contribution in [3.05, 3.63) is 99.5 Å². The zero-order chi connectivity index (χ0) is 21.5. The van der Waals surface area contributed by atoms with E-state index in [2.05, 4.69) is 15.9 Å². The van der Waals surface area contributed by atoms with Crippen LogP contribution in [0.15, 0.2) is 77.3 Å². The van der Waals surface area contributed by atoms with E-state index in [1.54, 1.807) is 19.1 Å². The highest BCUT2D eigenvalue weighted by molar-refractivity contribution is 9.10. The van der Waals surface area contributed by atoms with Crippen LogP contribution in [0.3, 0.4) is 0 Å². The first kappa shape index (κ1) is 19.0. The molecule has 0 aromatic heterocycles. The predicted octanol–water partition coefficient (Wildman–Crippen LogP) is 4.38. The largest absolute Gasteiger partial charge is 0.392 e. The molecule has 1 aliphatic heterocycles. The lowest BCUT2D eigenvalue weighted by Crippen LogP contribution is -2.58. The molecule has 1 N–H and O–H groups in total. The van der Waals surface area contributed by atoms with Crippen LogP contribution < -0.4 is 4.90 Å². The predicted molar refractivity (Wildman–Crippen MR) is 121 cm³/mol. The fraction of sp³-hybridized carbons (Fsp3) is 0.231. The van der Waals surface area contributed by atoms with Gasteiger partial charge >= 0.3 is 0 Å². The third kappa shape index (κ3) is 2.18. The van der Waals surface area contributed by atoms with Crippen LogP contribution in [0.1, 0.15) is 35.1 Å². The third-order valence-electron chi connectivity index (χ3n) is 7.41. The van der Waals surface area contributed by atoms with Gasteiger partial charge in [-0.05, 0) is 47.4 Å². The maximum absolute atomic E-state index is 14.0. The van der Waals surface area contributed by atoms with Gasteiger partial charge in [-0.3, -0.25) is 9.59 Å². The Morgan fingerprint density at radius 1 is 0.903 bits per heavy atom. The smallest absolute Gasteiger partial charge is 0.239 e. The lowest BCUT2D eigenvalue weighted by Gasteiger charge is -2.55. The van der Waals surface area contributed by atoms with Crippen molar-refractivity contribution >= 4 is 33.4 Å². The zero-order valence-corrected chi connectivity index (χ0v) is 18.4. The second-order valence-electron chi connectivity index (χ2n) is 8.69. The molecule has 2 bridgehead atoms. The van der Waals surface area contributed by atoms with Gasteiger partial charge in [0.25, 0.3) is 0 Å². The van der Waals surface area contributed by atoms with Gasteiger partial charge in [0, 0.05) is 10.4 Å². The lowest BCUT2D eigenvalue weighted by atomic mass is 9.46. The van der Waals surface area contributed by atoms with Crippen molar-refractivity contribution < 1.29 is 14.7 Å². The van der Waals surface area contributed by atoms with E-state index < -0.39 is 23.4 Å². The van der Waals surface area contributed by atoms with E-state index in [4.69, 9.17) is 0 Å². The highest BCUT2D eigenvalue weighted by atomic mass is 79.9. The number of rotatable bonds is 2. The van der Waals surface area contributed by atoms with E-state index in [0.29, 0.717) is 5.69 Å². The number of nitrogens with zero attached hydrogens (tertiary/aromatic N) is 1. The highest BCUT2D eigenvalue weighted by Crippen LogP contribution is 2.65. The summed E-state index contributed by atoms with van der Waals surface area (Å²) in [6.45, 7) is 1.75. The fourth-order valence-electron chi connectivity index (χ4n) is 6.41. The molecule has 3 aromatic carbocycles. The number of benzene rings is 3. The summed E-state index contributed by atoms with van der Waals surface area (Å²) in [4.78, 5) is 29.1. The molecule has 0 unspecified atom stereocenters. The molecule has 5 heteroatoms. The van der Waals surface area contributed by atoms with Gasteiger partial charge in [-0.2, -0.15) is 0 Å². The molecule has 154 valence electrons. The Balaban J connectivity index is 1.67. The summed E-state index contributed by atoms with van der Waals surface area (Å²) in [5, 5.41) is 11.3. The van der Waals surface area contributed by atoms with Crippen LogP contribution in [0.2, 0.25) is 0 Å². The Morgan fingerprint density at radius 2 is 1.52 bits per heavy atom. The molecule has 4 nitrogen and oxygen atoms in total. The van der Waals surface area contributed by atoms with Gasteiger partial charge in [-0.1, -0.05) is 70.5 Å². The van der Waals surface area contributed by atoms with Crippen molar-refractivity contribution in [3.8, 4) is 0 Å². The zero-order valence-electron chi connectivity index (χ0n) is 16.8. The summed E-state index contributed by atoms with van der Waals surface area (Å²) < 4.78 is 0.806. The van der Waals surface area contributed by atoms with Crippen molar-refractivity contribution in [1.82, 2.24) is 0 Å². The Labute approximate surface area is 188 Å². The van der Waals surface area contributed by atoms with Gasteiger partial charge < -0.3 is 5.11 Å². The summed E-state index contributed by atoms with van der Waals surface area (Å²) in [6.07, 6.45) is -0.845. The Morgan fingerprint density at radius 3 is 2.10 bits per heavy atom. The summed E-state index contributed by atoms with van der Waals surface area (Å²) in [7, 11) is 0. The molecule has 7 rings (SSSR count). The van der Waals surface area contributed by atoms with Gasteiger partial charge in [0.15, 0.2) is 0 Å². The van der Waals surface area contributed by atoms with Crippen LogP contribution >= 0.6 is 15.9 Å². The quantitative estimate of drug-likeness (QED) is 0.561. The van der Waals surface area contributed by atoms with Gasteiger partial charge in [0.1, 0.15) is 0 Å². The number of amides is 2. The van der Waals surface area contributed by atoms with Crippen molar-refractivity contribution in [2.75, 3.05) is 4.90 Å². The molecule has 1 heterocycles. The Bertz CT molecular complexity index is 1220. The van der Waals surface area contributed by atoms with Crippen molar-refractivity contribution in [1.29, 1.82) is 0 Å². The Kier molecular flexibility index (Phi) is 3.90. The highest BCUT2D eigenvalue weighted by Gasteiger charge is 2.69. The topological polar surface area (TPSA) is 57.6 Å². The van der Waals surface area contributed by atoms with E-state index in [0.717, 1.165) is 26.7 Å². The molecule has 3 aromatic rings. The van der Waals surface area contributed by atoms with E-state index in [1.807, 2.05) is 60.7 Å². The number of hydrogen-bond donors (Lipinski definition) is 1. The molecule has 0 radical (unpaired) electrons. The van der Waals surface area contributed by atoms with Gasteiger partial charge in [0.2, 0.25) is 11.8 Å². The van der Waals surface area contributed by atoms with Crippen molar-refractivity contribution in [3.63, 3.8) is 0 Å². The number of halogens is 1. The molecule has 1 saturated heterocycles. The van der Waals surface area contributed by atoms with E-state index >= 15 is 0 Å². The minimum absolute atomic E-state index is 0.188. The summed E-state index contributed by atoms with van der Waals surface area (Å²) in [6, 6.07) is 23.2. The number of hydrogen-bond acceptors (Lipinski definition) is 3. The van der Waals surface area contributed by atoms with Crippen LogP contribution in [-0.4, -0.2) is 23.0 Å². The number of aliphatic hydroxyl groups is 1. The van der Waals surface area contributed by atoms with E-state index in [1.165, 1.54) is 4.90 Å². The first-order chi connectivity index (χ1) is 15.0. The molecule has 4 aliphatic rings. The van der Waals surface area contributed by atoms with E-state index in [-0.39, 0.29) is 17.7 Å². The maximum Gasteiger partial charge on any atom is 0.239 e. The Hall–Kier alpha value is -2.76. The average Bonchev–Trinajstić information content (AvgIpc) is 3.04. The molecular formula is C26H20BrNO3. The summed E-state index contributed by atoms with van der Waals surface area (Å²) in [5.74, 6) is -1.80. The van der Waals surface area contributed by atoms with Gasteiger partial charge in [-0.25, -0.2) is 4.90 Å². The van der Waals surface area contributed by atoms with Crippen molar-refractivity contribution in [2.24, 2.45) is 11.8 Å².